The summed E-state index contributed by atoms with van der Waals surface area (Å²) >= 11 is 0. The van der Waals surface area contributed by atoms with Crippen molar-refractivity contribution in [3.8, 4) is 11.5 Å². The monoisotopic (exact) mass is 446 g/mol. The predicted molar refractivity (Wildman–Crippen MR) is 103 cm³/mol. The van der Waals surface area contributed by atoms with Gasteiger partial charge in [-0.25, -0.2) is 0 Å². The molecule has 32 heavy (non-hydrogen) atoms. The van der Waals surface area contributed by atoms with Crippen LogP contribution in [-0.2, 0) is 19.8 Å². The van der Waals surface area contributed by atoms with Gasteiger partial charge in [-0.2, -0.15) is 0 Å². The highest BCUT2D eigenvalue weighted by Gasteiger charge is 2.60. The van der Waals surface area contributed by atoms with Gasteiger partial charge >= 0.3 is 0 Å². The number of carbonyl (C=O) groups excluding carboxylic acids is 2. The highest BCUT2D eigenvalue weighted by Crippen LogP contribution is 2.59. The quantitative estimate of drug-likeness (QED) is 0.345. The largest absolute Gasteiger partial charge is 0.507 e. The van der Waals surface area contributed by atoms with Crippen LogP contribution in [0.15, 0.2) is 11.1 Å². The van der Waals surface area contributed by atoms with Crippen molar-refractivity contribution in [1.82, 2.24) is 0 Å². The summed E-state index contributed by atoms with van der Waals surface area (Å²) in [7, 11) is 0. The van der Waals surface area contributed by atoms with Crippen LogP contribution in [0, 0.1) is 0 Å². The summed E-state index contributed by atoms with van der Waals surface area (Å²) in [6.07, 6.45) is -6.66. The van der Waals surface area contributed by atoms with E-state index in [-0.39, 0.29) is 35.1 Å². The molecular formula is C22H22O10. The lowest BCUT2D eigenvalue weighted by Gasteiger charge is -2.52. The van der Waals surface area contributed by atoms with E-state index >= 15 is 0 Å². The number of aliphatic hydroxyl groups excluding tert-OH is 2. The Hall–Kier alpha value is -2.34. The van der Waals surface area contributed by atoms with Crippen LogP contribution in [0.4, 0.5) is 0 Å². The van der Waals surface area contributed by atoms with Gasteiger partial charge in [0.25, 0.3) is 0 Å². The minimum atomic E-state index is -2.07. The fourth-order valence-electron chi connectivity index (χ4n) is 6.06. The summed E-state index contributed by atoms with van der Waals surface area (Å²) in [5.74, 6) is -2.70. The van der Waals surface area contributed by atoms with Crippen LogP contribution in [0.25, 0.3) is 0 Å². The maximum absolute atomic E-state index is 13.6. The Bertz CT molecular complexity index is 1120. The summed E-state index contributed by atoms with van der Waals surface area (Å²) in [5, 5.41) is 54.0. The van der Waals surface area contributed by atoms with Crippen molar-refractivity contribution < 1.29 is 49.3 Å². The fourth-order valence-corrected chi connectivity index (χ4v) is 6.06. The van der Waals surface area contributed by atoms with E-state index in [0.29, 0.717) is 0 Å². The zero-order valence-electron chi connectivity index (χ0n) is 17.2. The Morgan fingerprint density at radius 1 is 0.906 bits per heavy atom. The highest BCUT2D eigenvalue weighted by atomic mass is 16.6. The van der Waals surface area contributed by atoms with Crippen molar-refractivity contribution in [2.75, 3.05) is 0 Å². The molecule has 1 aromatic carbocycles. The lowest BCUT2D eigenvalue weighted by atomic mass is 9.66. The SMILES string of the molecule is CC1OC2CC(O)C1(O)c1c(O)c3c(c(O)c12)C(=O)C1=C(C3=O)[C@H](C)O[C@H]2CC(O)O[C@@H]12. The number of fused-ring (bicyclic) bond motifs is 5. The van der Waals surface area contributed by atoms with Crippen molar-refractivity contribution in [2.45, 2.75) is 75.2 Å². The Labute approximate surface area is 181 Å². The van der Waals surface area contributed by atoms with Crippen LogP contribution in [-0.4, -0.2) is 73.9 Å². The molecule has 0 amide bonds. The van der Waals surface area contributed by atoms with E-state index in [2.05, 4.69) is 0 Å². The lowest BCUT2D eigenvalue weighted by molar-refractivity contribution is -0.246. The molecular weight excluding hydrogens is 424 g/mol. The molecule has 8 atom stereocenters. The van der Waals surface area contributed by atoms with E-state index in [1.54, 1.807) is 6.92 Å². The van der Waals surface area contributed by atoms with Gasteiger partial charge in [0.15, 0.2) is 17.9 Å². The molecule has 2 fully saturated rings. The number of benzene rings is 1. The second kappa shape index (κ2) is 6.16. The van der Waals surface area contributed by atoms with Crippen LogP contribution >= 0.6 is 0 Å². The number of rotatable bonds is 0. The number of phenolic OH excluding ortho intramolecular Hbond substituents is 2. The van der Waals surface area contributed by atoms with Crippen LogP contribution in [0.3, 0.4) is 0 Å². The molecule has 2 bridgehead atoms. The predicted octanol–water partition coefficient (Wildman–Crippen LogP) is 0.0800. The minimum absolute atomic E-state index is 0.00792. The zero-order valence-corrected chi connectivity index (χ0v) is 17.2. The van der Waals surface area contributed by atoms with Crippen LogP contribution in [0.2, 0.25) is 0 Å². The van der Waals surface area contributed by atoms with Crippen molar-refractivity contribution in [1.29, 1.82) is 0 Å². The Balaban J connectivity index is 1.63. The summed E-state index contributed by atoms with van der Waals surface area (Å²) in [5.41, 5.74) is -3.16. The maximum atomic E-state index is 13.6. The Morgan fingerprint density at radius 3 is 2.25 bits per heavy atom. The van der Waals surface area contributed by atoms with Gasteiger partial charge < -0.3 is 39.7 Å². The molecule has 10 nitrogen and oxygen atoms in total. The average molecular weight is 446 g/mol. The smallest absolute Gasteiger partial charge is 0.196 e. The molecule has 0 saturated carbocycles. The van der Waals surface area contributed by atoms with Crippen LogP contribution < -0.4 is 0 Å². The second-order valence-electron chi connectivity index (χ2n) is 9.13. The maximum Gasteiger partial charge on any atom is 0.196 e. The number of ketones is 2. The highest BCUT2D eigenvalue weighted by molar-refractivity contribution is 6.30. The normalized spacial score (nSPS) is 42.0. The number of carbonyl (C=O) groups is 2. The van der Waals surface area contributed by atoms with Crippen LogP contribution in [0.5, 0.6) is 11.5 Å². The third-order valence-electron chi connectivity index (χ3n) is 7.52. The van der Waals surface area contributed by atoms with Gasteiger partial charge in [-0.3, -0.25) is 9.59 Å². The number of ether oxygens (including phenoxy) is 3. The second-order valence-corrected chi connectivity index (χ2v) is 9.13. The summed E-state index contributed by atoms with van der Waals surface area (Å²) in [6, 6.07) is 0. The molecule has 1 aromatic rings. The number of aliphatic hydroxyl groups is 3. The van der Waals surface area contributed by atoms with Crippen molar-refractivity contribution >= 4 is 11.6 Å². The van der Waals surface area contributed by atoms with Gasteiger partial charge in [0.2, 0.25) is 0 Å². The van der Waals surface area contributed by atoms with E-state index in [1.807, 2.05) is 0 Å². The molecule has 0 spiro atoms. The third kappa shape index (κ3) is 2.15. The van der Waals surface area contributed by atoms with E-state index in [9.17, 15) is 35.1 Å². The van der Waals surface area contributed by atoms with Gasteiger partial charge in [-0.05, 0) is 13.8 Å². The first-order chi connectivity index (χ1) is 15.1. The lowest BCUT2D eigenvalue weighted by Crippen LogP contribution is -2.58. The molecule has 2 aliphatic carbocycles. The summed E-state index contributed by atoms with van der Waals surface area (Å²) < 4.78 is 17.0. The average Bonchev–Trinajstić information content (AvgIpc) is 3.09. The van der Waals surface area contributed by atoms with Crippen LogP contribution in [0.1, 0.15) is 64.6 Å². The fraction of sp³-hybridized carbons (Fsp3) is 0.545. The molecule has 2 saturated heterocycles. The molecule has 5 N–H and O–H groups in total. The standard InChI is InChI=1S/C22H22O10/c1-5-11-15(21-8(30-5)4-10(24)32-21)19(27)13-14(17(11)25)20(28)16-12(18(13)26)7-3-9(23)22(16,29)6(2)31-7/h5-10,21,23-24,26,28-29H,3-4H2,1-2H3/t5-,6?,7?,8-,9?,10?,21+,22?/m0/s1. The molecule has 7 rings (SSSR count). The first-order valence-electron chi connectivity index (χ1n) is 10.6. The number of hydrogen-bond donors (Lipinski definition) is 5. The number of phenols is 2. The molecule has 4 aliphatic heterocycles. The zero-order chi connectivity index (χ0) is 22.9. The Kier molecular flexibility index (Phi) is 3.90. The molecule has 4 heterocycles. The third-order valence-corrected chi connectivity index (χ3v) is 7.52. The minimum Gasteiger partial charge on any atom is -0.507 e. The van der Waals surface area contributed by atoms with E-state index < -0.39 is 82.7 Å². The summed E-state index contributed by atoms with van der Waals surface area (Å²) in [4.78, 5) is 27.2. The van der Waals surface area contributed by atoms with Gasteiger partial charge in [0, 0.05) is 35.1 Å². The molecule has 6 aliphatic rings. The van der Waals surface area contributed by atoms with Gasteiger partial charge in [0.05, 0.1) is 41.6 Å². The Morgan fingerprint density at radius 2 is 1.56 bits per heavy atom. The molecule has 0 aromatic heterocycles. The molecule has 170 valence electrons. The first kappa shape index (κ1) is 20.3. The van der Waals surface area contributed by atoms with Gasteiger partial charge in [-0.1, -0.05) is 0 Å². The molecule has 0 radical (unpaired) electrons. The van der Waals surface area contributed by atoms with Crippen molar-refractivity contribution in [3.05, 3.63) is 33.4 Å². The van der Waals surface area contributed by atoms with Gasteiger partial charge in [0.1, 0.15) is 23.2 Å². The van der Waals surface area contributed by atoms with E-state index in [4.69, 9.17) is 14.2 Å². The van der Waals surface area contributed by atoms with E-state index in [1.165, 1.54) is 6.92 Å². The van der Waals surface area contributed by atoms with E-state index in [0.717, 1.165) is 0 Å². The van der Waals surface area contributed by atoms with Gasteiger partial charge in [-0.15, -0.1) is 0 Å². The van der Waals surface area contributed by atoms with Crippen molar-refractivity contribution in [2.24, 2.45) is 0 Å². The number of hydrogen-bond acceptors (Lipinski definition) is 10. The van der Waals surface area contributed by atoms with Crippen molar-refractivity contribution in [3.63, 3.8) is 0 Å². The number of Topliss-reactive ketones (excluding diaryl/α,β-unsaturated/α-hetero) is 2. The molecule has 10 heteroatoms. The molecule has 5 unspecified atom stereocenters. The topological polar surface area (TPSA) is 163 Å². The number of aromatic hydroxyl groups is 2. The summed E-state index contributed by atoms with van der Waals surface area (Å²) in [6.45, 7) is 3.10. The first-order valence-corrected chi connectivity index (χ1v) is 10.6.